The minimum absolute atomic E-state index is 0.0241. The summed E-state index contributed by atoms with van der Waals surface area (Å²) in [5.74, 6) is 0.343. The highest BCUT2D eigenvalue weighted by atomic mass is 16.6. The van der Waals surface area contributed by atoms with Gasteiger partial charge in [-0.1, -0.05) is 32.4 Å². The molecule has 0 radical (unpaired) electrons. The summed E-state index contributed by atoms with van der Waals surface area (Å²) < 4.78 is 0. The lowest BCUT2D eigenvalue weighted by Gasteiger charge is -2.32. The Balaban J connectivity index is 1.84. The molecule has 0 saturated heterocycles. The molecular weight excluding hydrogens is 280 g/mol. The number of anilines is 1. The largest absolute Gasteiger partial charge is 0.363 e. The lowest BCUT2D eigenvalue weighted by atomic mass is 9.83. The molecule has 1 aromatic rings. The van der Waals surface area contributed by atoms with Crippen LogP contribution in [0.3, 0.4) is 0 Å². The van der Waals surface area contributed by atoms with Crippen molar-refractivity contribution in [2.24, 2.45) is 5.41 Å². The molecule has 0 aromatic carbocycles. The standard InChI is InChI=1S/C16H24N4O2/c1-16(2,3)13-6-10-19(11-7-13)12-9-18-15-14(20(21)22)5-4-8-17-15/h4-6,8H,7,9-12H2,1-3H3,(H,17,18). The quantitative estimate of drug-likeness (QED) is 0.514. The van der Waals surface area contributed by atoms with Gasteiger partial charge in [-0.15, -0.1) is 0 Å². The highest BCUT2D eigenvalue weighted by Gasteiger charge is 2.21. The van der Waals surface area contributed by atoms with E-state index in [1.54, 1.807) is 12.3 Å². The normalized spacial score (nSPS) is 16.2. The second kappa shape index (κ2) is 6.87. The van der Waals surface area contributed by atoms with Crippen molar-refractivity contribution in [1.29, 1.82) is 0 Å². The van der Waals surface area contributed by atoms with Crippen molar-refractivity contribution in [1.82, 2.24) is 9.88 Å². The van der Waals surface area contributed by atoms with E-state index in [2.05, 4.69) is 42.0 Å². The molecule has 6 heteroatoms. The van der Waals surface area contributed by atoms with Gasteiger partial charge in [0.15, 0.2) is 0 Å². The fourth-order valence-corrected chi connectivity index (χ4v) is 2.61. The van der Waals surface area contributed by atoms with Gasteiger partial charge < -0.3 is 5.32 Å². The Morgan fingerprint density at radius 1 is 1.45 bits per heavy atom. The van der Waals surface area contributed by atoms with Gasteiger partial charge >= 0.3 is 5.69 Å². The molecule has 120 valence electrons. The maximum Gasteiger partial charge on any atom is 0.311 e. The lowest BCUT2D eigenvalue weighted by Crippen LogP contribution is -2.34. The Morgan fingerprint density at radius 3 is 2.82 bits per heavy atom. The summed E-state index contributed by atoms with van der Waals surface area (Å²) in [6.45, 7) is 10.2. The summed E-state index contributed by atoms with van der Waals surface area (Å²) in [4.78, 5) is 16.9. The van der Waals surface area contributed by atoms with E-state index >= 15 is 0 Å². The molecule has 1 aromatic heterocycles. The Labute approximate surface area is 131 Å². The smallest absolute Gasteiger partial charge is 0.311 e. The summed E-state index contributed by atoms with van der Waals surface area (Å²) in [6, 6.07) is 3.04. The van der Waals surface area contributed by atoms with Gasteiger partial charge in [-0.2, -0.15) is 0 Å². The second-order valence-electron chi connectivity index (χ2n) is 6.58. The minimum Gasteiger partial charge on any atom is -0.363 e. The van der Waals surface area contributed by atoms with Gasteiger partial charge in [0.05, 0.1) is 4.92 Å². The zero-order chi connectivity index (χ0) is 16.2. The van der Waals surface area contributed by atoms with Crippen molar-refractivity contribution in [3.63, 3.8) is 0 Å². The van der Waals surface area contributed by atoms with E-state index in [9.17, 15) is 10.1 Å². The maximum absolute atomic E-state index is 10.9. The molecule has 1 aliphatic rings. The molecule has 6 nitrogen and oxygen atoms in total. The Kier molecular flexibility index (Phi) is 5.13. The first kappa shape index (κ1) is 16.4. The molecular formula is C16H24N4O2. The fraction of sp³-hybridized carbons (Fsp3) is 0.562. The number of hydrogen-bond acceptors (Lipinski definition) is 5. The average Bonchev–Trinajstić information content (AvgIpc) is 2.47. The van der Waals surface area contributed by atoms with Crippen LogP contribution in [0.1, 0.15) is 27.2 Å². The highest BCUT2D eigenvalue weighted by molar-refractivity contribution is 5.54. The topological polar surface area (TPSA) is 71.3 Å². The molecule has 0 fully saturated rings. The Hall–Kier alpha value is -1.95. The lowest BCUT2D eigenvalue weighted by molar-refractivity contribution is -0.384. The van der Waals surface area contributed by atoms with Crippen LogP contribution in [0.5, 0.6) is 0 Å². The summed E-state index contributed by atoms with van der Waals surface area (Å²) in [7, 11) is 0. The van der Waals surface area contributed by atoms with Crippen LogP contribution in [0.2, 0.25) is 0 Å². The third-order valence-corrected chi connectivity index (χ3v) is 3.96. The van der Waals surface area contributed by atoms with Crippen molar-refractivity contribution in [2.75, 3.05) is 31.5 Å². The van der Waals surface area contributed by atoms with Crippen molar-refractivity contribution in [3.8, 4) is 0 Å². The van der Waals surface area contributed by atoms with Crippen LogP contribution < -0.4 is 5.32 Å². The third-order valence-electron chi connectivity index (χ3n) is 3.96. The summed E-state index contributed by atoms with van der Waals surface area (Å²) in [5.41, 5.74) is 1.78. The molecule has 1 aliphatic heterocycles. The second-order valence-corrected chi connectivity index (χ2v) is 6.58. The maximum atomic E-state index is 10.9. The van der Waals surface area contributed by atoms with Crippen LogP contribution in [0.15, 0.2) is 30.0 Å². The first-order valence-electron chi connectivity index (χ1n) is 7.63. The van der Waals surface area contributed by atoms with Gasteiger partial charge in [0.25, 0.3) is 0 Å². The minimum atomic E-state index is -0.408. The van der Waals surface area contributed by atoms with E-state index in [0.717, 1.165) is 26.1 Å². The van der Waals surface area contributed by atoms with Gasteiger partial charge in [0.2, 0.25) is 5.82 Å². The Morgan fingerprint density at radius 2 is 2.23 bits per heavy atom. The van der Waals surface area contributed by atoms with Crippen molar-refractivity contribution >= 4 is 11.5 Å². The van der Waals surface area contributed by atoms with Gasteiger partial charge in [0, 0.05) is 38.4 Å². The van der Waals surface area contributed by atoms with Crippen molar-refractivity contribution < 1.29 is 4.92 Å². The van der Waals surface area contributed by atoms with Gasteiger partial charge in [-0.3, -0.25) is 15.0 Å². The summed E-state index contributed by atoms with van der Waals surface area (Å²) >= 11 is 0. The number of rotatable bonds is 5. The molecule has 0 unspecified atom stereocenters. The van der Waals surface area contributed by atoms with E-state index in [1.165, 1.54) is 11.6 Å². The average molecular weight is 304 g/mol. The molecule has 0 spiro atoms. The number of nitrogens with one attached hydrogen (secondary N) is 1. The number of pyridine rings is 1. The van der Waals surface area contributed by atoms with Crippen LogP contribution in [0.25, 0.3) is 0 Å². The zero-order valence-corrected chi connectivity index (χ0v) is 13.5. The number of aromatic nitrogens is 1. The third kappa shape index (κ3) is 4.27. The van der Waals surface area contributed by atoms with E-state index in [4.69, 9.17) is 0 Å². The number of nitro groups is 1. The molecule has 0 saturated carbocycles. The fourth-order valence-electron chi connectivity index (χ4n) is 2.61. The van der Waals surface area contributed by atoms with Crippen LogP contribution >= 0.6 is 0 Å². The van der Waals surface area contributed by atoms with E-state index in [0.29, 0.717) is 12.4 Å². The van der Waals surface area contributed by atoms with Crippen molar-refractivity contribution in [3.05, 3.63) is 40.1 Å². The van der Waals surface area contributed by atoms with Gasteiger partial charge in [-0.25, -0.2) is 4.98 Å². The van der Waals surface area contributed by atoms with E-state index in [1.807, 2.05) is 0 Å². The summed E-state index contributed by atoms with van der Waals surface area (Å²) in [5, 5.41) is 14.0. The van der Waals surface area contributed by atoms with Crippen LogP contribution in [0.4, 0.5) is 11.5 Å². The van der Waals surface area contributed by atoms with Crippen LogP contribution in [0, 0.1) is 15.5 Å². The monoisotopic (exact) mass is 304 g/mol. The molecule has 0 atom stereocenters. The number of nitrogens with zero attached hydrogens (tertiary/aromatic N) is 3. The van der Waals surface area contributed by atoms with Crippen LogP contribution in [-0.2, 0) is 0 Å². The van der Waals surface area contributed by atoms with Gasteiger partial charge in [0.1, 0.15) is 0 Å². The van der Waals surface area contributed by atoms with E-state index in [-0.39, 0.29) is 11.1 Å². The molecule has 0 aliphatic carbocycles. The highest BCUT2D eigenvalue weighted by Crippen LogP contribution is 2.29. The van der Waals surface area contributed by atoms with Gasteiger partial charge in [-0.05, 0) is 17.9 Å². The SMILES string of the molecule is CC(C)(C)C1=CCN(CCNc2ncccc2[N+](=O)[O-])CC1. The molecule has 1 N–H and O–H groups in total. The van der Waals surface area contributed by atoms with E-state index < -0.39 is 4.92 Å². The first-order chi connectivity index (χ1) is 10.4. The molecule has 0 bridgehead atoms. The molecule has 2 heterocycles. The molecule has 2 rings (SSSR count). The van der Waals surface area contributed by atoms with Crippen LogP contribution in [-0.4, -0.2) is 41.0 Å². The predicted molar refractivity (Wildman–Crippen MR) is 88.0 cm³/mol. The zero-order valence-electron chi connectivity index (χ0n) is 13.5. The Bertz CT molecular complexity index is 564. The van der Waals surface area contributed by atoms with Crippen molar-refractivity contribution in [2.45, 2.75) is 27.2 Å². The summed E-state index contributed by atoms with van der Waals surface area (Å²) in [6.07, 6.45) is 4.97. The number of hydrogen-bond donors (Lipinski definition) is 1. The first-order valence-corrected chi connectivity index (χ1v) is 7.63. The molecule has 0 amide bonds. The molecule has 22 heavy (non-hydrogen) atoms. The predicted octanol–water partition coefficient (Wildman–Crippen LogP) is 3.08.